The summed E-state index contributed by atoms with van der Waals surface area (Å²) < 4.78 is 20.2. The Hall–Kier alpha value is -3.52. The van der Waals surface area contributed by atoms with E-state index in [4.69, 9.17) is 16.3 Å². The van der Waals surface area contributed by atoms with E-state index in [1.54, 1.807) is 26.1 Å². The molecule has 9 heteroatoms. The fourth-order valence-electron chi connectivity index (χ4n) is 3.41. The molecule has 0 saturated heterocycles. The lowest BCUT2D eigenvalue weighted by atomic mass is 10.1. The van der Waals surface area contributed by atoms with E-state index in [9.17, 15) is 14.0 Å². The van der Waals surface area contributed by atoms with Gasteiger partial charge >= 0.3 is 0 Å². The summed E-state index contributed by atoms with van der Waals surface area (Å²) in [7, 11) is 1.61. The maximum absolute atomic E-state index is 14.4. The minimum atomic E-state index is -0.959. The molecule has 1 N–H and O–H groups in total. The van der Waals surface area contributed by atoms with Crippen LogP contribution in [0.3, 0.4) is 0 Å². The molecule has 164 valence electrons. The molecule has 4 rings (SSSR count). The van der Waals surface area contributed by atoms with Gasteiger partial charge in [-0.2, -0.15) is 0 Å². The number of aromatic nitrogens is 2. The van der Waals surface area contributed by atoms with Crippen molar-refractivity contribution < 1.29 is 18.7 Å². The van der Waals surface area contributed by atoms with E-state index in [-0.39, 0.29) is 34.6 Å². The molecule has 0 bridgehead atoms. The summed E-state index contributed by atoms with van der Waals surface area (Å²) in [5.41, 5.74) is 2.57. The van der Waals surface area contributed by atoms with Crippen molar-refractivity contribution in [2.24, 2.45) is 0 Å². The molecule has 3 aromatic rings. The van der Waals surface area contributed by atoms with Crippen molar-refractivity contribution in [3.8, 4) is 17.0 Å². The zero-order valence-corrected chi connectivity index (χ0v) is 18.4. The normalized spacial score (nSPS) is 15.6. The SMILES string of the molecule is Cc1ccc(-c2nc(C(=O)NC3COc4cc(C)ccc4N(C)C3=O)ncc2Cl)c(F)c1. The number of carbonyl (C=O) groups is 2. The van der Waals surface area contributed by atoms with E-state index in [1.807, 2.05) is 19.1 Å². The second-order valence-electron chi connectivity index (χ2n) is 7.58. The molecule has 2 aromatic carbocycles. The molecule has 0 fully saturated rings. The molecule has 1 aliphatic rings. The lowest BCUT2D eigenvalue weighted by Gasteiger charge is -2.20. The highest BCUT2D eigenvalue weighted by Crippen LogP contribution is 2.31. The number of hydrogen-bond acceptors (Lipinski definition) is 5. The Morgan fingerprint density at radius 2 is 1.94 bits per heavy atom. The van der Waals surface area contributed by atoms with E-state index in [1.165, 1.54) is 23.2 Å². The molecule has 2 amide bonds. The Morgan fingerprint density at radius 3 is 2.69 bits per heavy atom. The molecule has 0 spiro atoms. The third kappa shape index (κ3) is 4.13. The smallest absolute Gasteiger partial charge is 0.289 e. The molecule has 1 aromatic heterocycles. The minimum absolute atomic E-state index is 0.0571. The lowest BCUT2D eigenvalue weighted by molar-refractivity contribution is -0.120. The number of rotatable bonds is 3. The van der Waals surface area contributed by atoms with E-state index < -0.39 is 17.8 Å². The van der Waals surface area contributed by atoms with Crippen LogP contribution in [0.4, 0.5) is 10.1 Å². The van der Waals surface area contributed by atoms with Crippen LogP contribution >= 0.6 is 11.6 Å². The molecule has 0 radical (unpaired) electrons. The third-order valence-corrected chi connectivity index (χ3v) is 5.42. The first-order chi connectivity index (χ1) is 15.2. The summed E-state index contributed by atoms with van der Waals surface area (Å²) in [5.74, 6) is -1.25. The molecular formula is C23H20ClFN4O3. The van der Waals surface area contributed by atoms with Crippen LogP contribution < -0.4 is 15.0 Å². The quantitative estimate of drug-likeness (QED) is 0.652. The number of hydrogen-bond donors (Lipinski definition) is 1. The zero-order valence-electron chi connectivity index (χ0n) is 17.6. The van der Waals surface area contributed by atoms with Crippen LogP contribution in [0, 0.1) is 19.7 Å². The Morgan fingerprint density at radius 1 is 1.22 bits per heavy atom. The standard InChI is InChI=1S/C23H20ClFN4O3/c1-12-4-6-14(16(25)8-12)20-15(24)10-26-21(28-20)22(30)27-17-11-32-19-9-13(2)5-7-18(19)29(3)23(17)31/h4-10,17H,11H2,1-3H3,(H,27,30). The van der Waals surface area contributed by atoms with Gasteiger partial charge in [-0.05, 0) is 49.2 Å². The second-order valence-corrected chi connectivity index (χ2v) is 7.99. The van der Waals surface area contributed by atoms with Gasteiger partial charge in [0.25, 0.3) is 11.8 Å². The number of anilines is 1. The number of amides is 2. The highest BCUT2D eigenvalue weighted by atomic mass is 35.5. The Labute approximate surface area is 189 Å². The molecule has 1 atom stereocenters. The average molecular weight is 455 g/mol. The molecular weight excluding hydrogens is 435 g/mol. The fraction of sp³-hybridized carbons (Fsp3) is 0.217. The lowest BCUT2D eigenvalue weighted by Crippen LogP contribution is -2.49. The Balaban J connectivity index is 1.59. The number of ether oxygens (including phenoxy) is 1. The summed E-state index contributed by atoms with van der Waals surface area (Å²) in [6.07, 6.45) is 1.23. The van der Waals surface area contributed by atoms with Crippen molar-refractivity contribution in [2.75, 3.05) is 18.6 Å². The van der Waals surface area contributed by atoms with Gasteiger partial charge in [0.2, 0.25) is 5.82 Å². The second kappa shape index (κ2) is 8.55. The monoisotopic (exact) mass is 454 g/mol. The first-order valence-electron chi connectivity index (χ1n) is 9.85. The molecule has 7 nitrogen and oxygen atoms in total. The van der Waals surface area contributed by atoms with Crippen LogP contribution in [0.25, 0.3) is 11.3 Å². The predicted octanol–water partition coefficient (Wildman–Crippen LogP) is 3.71. The number of benzene rings is 2. The van der Waals surface area contributed by atoms with Gasteiger partial charge in [0, 0.05) is 12.6 Å². The number of fused-ring (bicyclic) bond motifs is 1. The number of halogens is 2. The zero-order chi connectivity index (χ0) is 23.0. The summed E-state index contributed by atoms with van der Waals surface area (Å²) >= 11 is 6.16. The highest BCUT2D eigenvalue weighted by Gasteiger charge is 2.31. The van der Waals surface area contributed by atoms with Gasteiger partial charge in [-0.1, -0.05) is 23.7 Å². The van der Waals surface area contributed by atoms with Crippen LogP contribution in [-0.4, -0.2) is 41.5 Å². The van der Waals surface area contributed by atoms with Crippen molar-refractivity contribution in [3.05, 3.63) is 70.4 Å². The number of nitrogens with one attached hydrogen (secondary N) is 1. The fourth-order valence-corrected chi connectivity index (χ4v) is 3.61. The van der Waals surface area contributed by atoms with Gasteiger partial charge in [-0.25, -0.2) is 14.4 Å². The van der Waals surface area contributed by atoms with Crippen LogP contribution in [0.2, 0.25) is 5.02 Å². The largest absolute Gasteiger partial charge is 0.489 e. The third-order valence-electron chi connectivity index (χ3n) is 5.14. The van der Waals surface area contributed by atoms with E-state index >= 15 is 0 Å². The Kier molecular flexibility index (Phi) is 5.80. The van der Waals surface area contributed by atoms with Crippen molar-refractivity contribution in [2.45, 2.75) is 19.9 Å². The molecule has 1 aliphatic heterocycles. The molecule has 2 heterocycles. The van der Waals surface area contributed by atoms with Gasteiger partial charge in [0.15, 0.2) is 0 Å². The first kappa shape index (κ1) is 21.7. The van der Waals surface area contributed by atoms with Crippen molar-refractivity contribution >= 4 is 29.1 Å². The highest BCUT2D eigenvalue weighted by molar-refractivity contribution is 6.33. The van der Waals surface area contributed by atoms with Gasteiger partial charge in [0.05, 0.1) is 22.6 Å². The molecule has 32 heavy (non-hydrogen) atoms. The van der Waals surface area contributed by atoms with Crippen LogP contribution in [0.5, 0.6) is 5.75 Å². The Bertz CT molecular complexity index is 1230. The van der Waals surface area contributed by atoms with Crippen molar-refractivity contribution in [3.63, 3.8) is 0 Å². The number of likely N-dealkylation sites (N-methyl/N-ethyl adjacent to an activating group) is 1. The summed E-state index contributed by atoms with van der Waals surface area (Å²) in [4.78, 5) is 35.3. The number of carbonyl (C=O) groups excluding carboxylic acids is 2. The number of nitrogens with zero attached hydrogens (tertiary/aromatic N) is 3. The topological polar surface area (TPSA) is 84.4 Å². The van der Waals surface area contributed by atoms with Crippen molar-refractivity contribution in [1.29, 1.82) is 0 Å². The molecule has 0 saturated carbocycles. The van der Waals surface area contributed by atoms with Gasteiger partial charge in [-0.3, -0.25) is 9.59 Å². The molecule has 0 aliphatic carbocycles. The molecule has 1 unspecified atom stereocenters. The van der Waals surface area contributed by atoms with Crippen LogP contribution in [-0.2, 0) is 4.79 Å². The summed E-state index contributed by atoms with van der Waals surface area (Å²) in [6.45, 7) is 3.62. The summed E-state index contributed by atoms with van der Waals surface area (Å²) in [5, 5.41) is 2.71. The van der Waals surface area contributed by atoms with E-state index in [0.29, 0.717) is 11.4 Å². The van der Waals surface area contributed by atoms with E-state index in [2.05, 4.69) is 15.3 Å². The van der Waals surface area contributed by atoms with Crippen LogP contribution in [0.15, 0.2) is 42.6 Å². The van der Waals surface area contributed by atoms with Crippen molar-refractivity contribution in [1.82, 2.24) is 15.3 Å². The maximum atomic E-state index is 14.4. The van der Waals surface area contributed by atoms with Gasteiger partial charge in [-0.15, -0.1) is 0 Å². The average Bonchev–Trinajstić information content (AvgIpc) is 2.86. The van der Waals surface area contributed by atoms with E-state index in [0.717, 1.165) is 11.1 Å². The number of aryl methyl sites for hydroxylation is 2. The predicted molar refractivity (Wildman–Crippen MR) is 119 cm³/mol. The van der Waals surface area contributed by atoms with Crippen LogP contribution in [0.1, 0.15) is 21.7 Å². The minimum Gasteiger partial charge on any atom is -0.489 e. The first-order valence-corrected chi connectivity index (χ1v) is 10.2. The van der Waals surface area contributed by atoms with Gasteiger partial charge < -0.3 is 15.0 Å². The summed E-state index contributed by atoms with van der Waals surface area (Å²) in [6, 6.07) is 9.14. The van der Waals surface area contributed by atoms with Gasteiger partial charge in [0.1, 0.15) is 24.2 Å². The maximum Gasteiger partial charge on any atom is 0.289 e.